The van der Waals surface area contributed by atoms with Gasteiger partial charge in [0.15, 0.2) is 17.3 Å². The zero-order valence-corrected chi connectivity index (χ0v) is 13.2. The number of benzene rings is 2. The molecule has 7 heteroatoms. The summed E-state index contributed by atoms with van der Waals surface area (Å²) < 4.78 is 16.0. The summed E-state index contributed by atoms with van der Waals surface area (Å²) in [6.07, 6.45) is -0.548. The van der Waals surface area contributed by atoms with Crippen molar-refractivity contribution in [1.82, 2.24) is 0 Å². The number of Topliss-reactive ketones (excluding diaryl/α,β-unsaturated/α-hetero) is 1. The number of carbonyl (C=O) groups is 1. The van der Waals surface area contributed by atoms with E-state index in [2.05, 4.69) is 0 Å². The maximum Gasteiger partial charge on any atom is 0.208 e. The van der Waals surface area contributed by atoms with Crippen LogP contribution in [0.2, 0.25) is 0 Å². The van der Waals surface area contributed by atoms with E-state index in [1.807, 2.05) is 0 Å². The molecule has 4 N–H and O–H groups in total. The van der Waals surface area contributed by atoms with Crippen molar-refractivity contribution in [3.05, 3.63) is 35.4 Å². The molecule has 0 aromatic heterocycles. The van der Waals surface area contributed by atoms with Crippen molar-refractivity contribution < 1.29 is 29.2 Å². The lowest BCUT2D eigenvalue weighted by atomic mass is 9.94. The fourth-order valence-electron chi connectivity index (χ4n) is 2.76. The molecule has 1 unspecified atom stereocenters. The number of ketones is 1. The third-order valence-corrected chi connectivity index (χ3v) is 3.94. The molecule has 0 saturated carbocycles. The number of phenolic OH excluding ortho intramolecular Hbond substituents is 2. The Bertz CT molecular complexity index is 800. The van der Waals surface area contributed by atoms with Crippen LogP contribution >= 0.6 is 0 Å². The normalized spacial score (nSPS) is 16.2. The molecular formula is C17H17NO6. The van der Waals surface area contributed by atoms with E-state index in [1.165, 1.54) is 14.2 Å². The van der Waals surface area contributed by atoms with Crippen LogP contribution in [-0.2, 0) is 0 Å². The summed E-state index contributed by atoms with van der Waals surface area (Å²) in [5.41, 5.74) is 6.95. The van der Waals surface area contributed by atoms with Crippen molar-refractivity contribution in [3.8, 4) is 28.7 Å². The number of rotatable bonds is 3. The lowest BCUT2D eigenvalue weighted by Crippen LogP contribution is -2.21. The highest BCUT2D eigenvalue weighted by Crippen LogP contribution is 2.55. The minimum Gasteiger partial charge on any atom is -0.504 e. The Morgan fingerprint density at radius 2 is 1.71 bits per heavy atom. The minimum atomic E-state index is -0.577. The summed E-state index contributed by atoms with van der Waals surface area (Å²) in [6.45, 7) is 0. The van der Waals surface area contributed by atoms with Gasteiger partial charge in [0.1, 0.15) is 11.7 Å². The predicted molar refractivity (Wildman–Crippen MR) is 86.0 cm³/mol. The van der Waals surface area contributed by atoms with Crippen molar-refractivity contribution in [2.24, 2.45) is 0 Å². The molecule has 1 aliphatic heterocycles. The smallest absolute Gasteiger partial charge is 0.208 e. The Balaban J connectivity index is 2.13. The summed E-state index contributed by atoms with van der Waals surface area (Å²) in [6, 6.07) is 6.93. The molecule has 3 rings (SSSR count). The summed E-state index contributed by atoms with van der Waals surface area (Å²) in [5, 5.41) is 20.4. The first-order valence-corrected chi connectivity index (χ1v) is 7.23. The van der Waals surface area contributed by atoms with Crippen molar-refractivity contribution in [3.63, 3.8) is 0 Å². The zero-order valence-electron chi connectivity index (χ0n) is 13.2. The highest BCUT2D eigenvalue weighted by Gasteiger charge is 2.37. The van der Waals surface area contributed by atoms with Gasteiger partial charge in [-0.2, -0.15) is 0 Å². The van der Waals surface area contributed by atoms with E-state index in [0.29, 0.717) is 5.69 Å². The summed E-state index contributed by atoms with van der Waals surface area (Å²) in [7, 11) is 2.60. The highest BCUT2D eigenvalue weighted by molar-refractivity contribution is 6.05. The monoisotopic (exact) mass is 331 g/mol. The van der Waals surface area contributed by atoms with Crippen LogP contribution in [0.4, 0.5) is 5.69 Å². The lowest BCUT2D eigenvalue weighted by Gasteiger charge is -2.28. The van der Waals surface area contributed by atoms with E-state index in [9.17, 15) is 15.0 Å². The van der Waals surface area contributed by atoms with Gasteiger partial charge in [0.25, 0.3) is 0 Å². The number of phenols is 2. The number of fused-ring (bicyclic) bond motifs is 1. The van der Waals surface area contributed by atoms with Gasteiger partial charge in [-0.3, -0.25) is 4.79 Å². The Morgan fingerprint density at radius 3 is 2.29 bits per heavy atom. The lowest BCUT2D eigenvalue weighted by molar-refractivity contribution is 0.0834. The largest absolute Gasteiger partial charge is 0.504 e. The van der Waals surface area contributed by atoms with Crippen LogP contribution in [0.1, 0.15) is 28.4 Å². The molecule has 0 saturated heterocycles. The average molecular weight is 331 g/mol. The van der Waals surface area contributed by atoms with Gasteiger partial charge in [0.2, 0.25) is 17.2 Å². The number of methoxy groups -OCH3 is 2. The Kier molecular flexibility index (Phi) is 3.84. The number of hydrogen-bond acceptors (Lipinski definition) is 7. The fraction of sp³-hybridized carbons (Fsp3) is 0.235. The molecule has 1 heterocycles. The molecule has 0 bridgehead atoms. The van der Waals surface area contributed by atoms with Crippen LogP contribution in [-0.4, -0.2) is 30.2 Å². The third kappa shape index (κ3) is 2.34. The van der Waals surface area contributed by atoms with Crippen molar-refractivity contribution >= 4 is 11.5 Å². The van der Waals surface area contributed by atoms with Crippen LogP contribution in [0.15, 0.2) is 24.3 Å². The third-order valence-electron chi connectivity index (χ3n) is 3.94. The molecule has 0 amide bonds. The van der Waals surface area contributed by atoms with Gasteiger partial charge in [-0.15, -0.1) is 0 Å². The molecular weight excluding hydrogens is 314 g/mol. The minimum absolute atomic E-state index is 0.00799. The molecule has 2 aromatic rings. The van der Waals surface area contributed by atoms with E-state index >= 15 is 0 Å². The number of aromatic hydroxyl groups is 2. The second kappa shape index (κ2) is 5.84. The first kappa shape index (κ1) is 15.8. The average Bonchev–Trinajstić information content (AvgIpc) is 2.55. The summed E-state index contributed by atoms with van der Waals surface area (Å²) >= 11 is 0. The van der Waals surface area contributed by atoms with Crippen molar-refractivity contribution in [2.75, 3.05) is 20.0 Å². The fourth-order valence-corrected chi connectivity index (χ4v) is 2.76. The van der Waals surface area contributed by atoms with Crippen LogP contribution in [0.25, 0.3) is 0 Å². The Labute approximate surface area is 138 Å². The second-order valence-electron chi connectivity index (χ2n) is 5.37. The van der Waals surface area contributed by atoms with Crippen molar-refractivity contribution in [2.45, 2.75) is 12.5 Å². The molecule has 0 spiro atoms. The molecule has 0 fully saturated rings. The molecule has 7 nitrogen and oxygen atoms in total. The number of ether oxygens (including phenoxy) is 3. The van der Waals surface area contributed by atoms with Gasteiger partial charge >= 0.3 is 0 Å². The quantitative estimate of drug-likeness (QED) is 0.740. The number of hydrogen-bond donors (Lipinski definition) is 3. The van der Waals surface area contributed by atoms with E-state index in [1.54, 1.807) is 24.3 Å². The van der Waals surface area contributed by atoms with Gasteiger partial charge < -0.3 is 30.2 Å². The van der Waals surface area contributed by atoms with Gasteiger partial charge in [0, 0.05) is 5.69 Å². The molecule has 1 aliphatic rings. The van der Waals surface area contributed by atoms with E-state index in [4.69, 9.17) is 19.9 Å². The van der Waals surface area contributed by atoms with Gasteiger partial charge in [0.05, 0.1) is 20.6 Å². The SMILES string of the molecule is COc1c(O)c(OC)c2c(c1O)C(=O)CC(c1ccc(N)cc1)O2. The van der Waals surface area contributed by atoms with Crippen LogP contribution in [0.3, 0.4) is 0 Å². The Morgan fingerprint density at radius 1 is 1.08 bits per heavy atom. The van der Waals surface area contributed by atoms with Gasteiger partial charge in [-0.05, 0) is 17.7 Å². The van der Waals surface area contributed by atoms with Gasteiger partial charge in [-0.1, -0.05) is 12.1 Å². The summed E-state index contributed by atoms with van der Waals surface area (Å²) in [5.74, 6) is -1.53. The molecule has 1 atom stereocenters. The van der Waals surface area contributed by atoms with E-state index < -0.39 is 17.6 Å². The summed E-state index contributed by atoms with van der Waals surface area (Å²) in [4.78, 5) is 12.5. The topological polar surface area (TPSA) is 111 Å². The molecule has 0 aliphatic carbocycles. The van der Waals surface area contributed by atoms with Crippen LogP contribution in [0, 0.1) is 0 Å². The number of carbonyl (C=O) groups excluding carboxylic acids is 1. The van der Waals surface area contributed by atoms with Gasteiger partial charge in [-0.25, -0.2) is 0 Å². The molecule has 126 valence electrons. The Hall–Kier alpha value is -3.09. The first-order valence-electron chi connectivity index (χ1n) is 7.23. The number of nitrogens with two attached hydrogens (primary N) is 1. The maximum absolute atomic E-state index is 12.5. The van der Waals surface area contributed by atoms with E-state index in [0.717, 1.165) is 5.56 Å². The molecule has 0 radical (unpaired) electrons. The second-order valence-corrected chi connectivity index (χ2v) is 5.37. The van der Waals surface area contributed by atoms with Crippen LogP contribution < -0.4 is 19.9 Å². The highest BCUT2D eigenvalue weighted by atomic mass is 16.5. The van der Waals surface area contributed by atoms with Crippen molar-refractivity contribution in [1.29, 1.82) is 0 Å². The maximum atomic E-state index is 12.5. The molecule has 24 heavy (non-hydrogen) atoms. The zero-order chi connectivity index (χ0) is 17.4. The first-order chi connectivity index (χ1) is 11.5. The van der Waals surface area contributed by atoms with Crippen LogP contribution in [0.5, 0.6) is 28.7 Å². The van der Waals surface area contributed by atoms with E-state index in [-0.39, 0.29) is 35.0 Å². The number of anilines is 1. The standard InChI is InChI=1S/C17H17NO6/c1-22-16-13(20)12-10(19)7-11(8-3-5-9(18)6-4-8)24-15(12)17(23-2)14(16)21/h3-6,11,20-21H,7,18H2,1-2H3. The predicted octanol–water partition coefficient (Wildman–Crippen LogP) is 2.40. The molecule has 2 aromatic carbocycles. The number of nitrogen functional groups attached to an aromatic ring is 1.